The van der Waals surface area contributed by atoms with Gasteiger partial charge in [-0.15, -0.1) is 0 Å². The van der Waals surface area contributed by atoms with Gasteiger partial charge in [0.2, 0.25) is 5.91 Å². The van der Waals surface area contributed by atoms with Crippen molar-refractivity contribution in [2.24, 2.45) is 0 Å². The number of rotatable bonds is 3. The van der Waals surface area contributed by atoms with Gasteiger partial charge in [-0.25, -0.2) is 4.72 Å². The second kappa shape index (κ2) is 4.72. The summed E-state index contributed by atoms with van der Waals surface area (Å²) in [5, 5.41) is 2.62. The molecule has 0 saturated carbocycles. The molecule has 0 aliphatic carbocycles. The van der Waals surface area contributed by atoms with Crippen LogP contribution in [0.2, 0.25) is 0 Å². The third-order valence-corrected chi connectivity index (χ3v) is 3.64. The Morgan fingerprint density at radius 3 is 2.86 bits per heavy atom. The lowest BCUT2D eigenvalue weighted by atomic mass is 10.4. The number of hydrogen-bond donors (Lipinski definition) is 2. The average Bonchev–Trinajstić information content (AvgIpc) is 2.30. The van der Waals surface area contributed by atoms with Gasteiger partial charge >= 0.3 is 0 Å². The van der Waals surface area contributed by atoms with Crippen molar-refractivity contribution in [3.05, 3.63) is 0 Å². The standard InChI is InChI=1S/C7H15N3O3S/c1-2-9-14(12,13)10-5-3-7(11)8-4-6-10/h9H,2-6H2,1H3,(H,8,11). The van der Waals surface area contributed by atoms with Gasteiger partial charge < -0.3 is 5.32 Å². The van der Waals surface area contributed by atoms with Gasteiger partial charge in [0.15, 0.2) is 0 Å². The molecule has 0 spiro atoms. The number of hydrogen-bond acceptors (Lipinski definition) is 3. The zero-order valence-electron chi connectivity index (χ0n) is 8.12. The van der Waals surface area contributed by atoms with Crippen LogP contribution in [0.15, 0.2) is 0 Å². The van der Waals surface area contributed by atoms with Crippen LogP contribution in [0.5, 0.6) is 0 Å². The van der Waals surface area contributed by atoms with Gasteiger partial charge in [-0.1, -0.05) is 6.92 Å². The van der Waals surface area contributed by atoms with Crippen LogP contribution in [0.1, 0.15) is 13.3 Å². The van der Waals surface area contributed by atoms with Crippen LogP contribution < -0.4 is 10.0 Å². The van der Waals surface area contributed by atoms with Crippen LogP contribution in [0.3, 0.4) is 0 Å². The van der Waals surface area contributed by atoms with E-state index in [2.05, 4.69) is 10.0 Å². The highest BCUT2D eigenvalue weighted by Gasteiger charge is 2.23. The molecule has 0 radical (unpaired) electrons. The van der Waals surface area contributed by atoms with Gasteiger partial charge in [0.25, 0.3) is 10.2 Å². The molecule has 0 atom stereocenters. The fourth-order valence-electron chi connectivity index (χ4n) is 1.26. The summed E-state index contributed by atoms with van der Waals surface area (Å²) >= 11 is 0. The van der Waals surface area contributed by atoms with Crippen molar-refractivity contribution in [2.45, 2.75) is 13.3 Å². The minimum Gasteiger partial charge on any atom is -0.355 e. The van der Waals surface area contributed by atoms with Gasteiger partial charge in [0.05, 0.1) is 0 Å². The highest BCUT2D eigenvalue weighted by molar-refractivity contribution is 7.87. The molecule has 1 saturated heterocycles. The van der Waals surface area contributed by atoms with E-state index in [-0.39, 0.29) is 18.9 Å². The number of nitrogens with one attached hydrogen (secondary N) is 2. The molecule has 1 aliphatic heterocycles. The maximum Gasteiger partial charge on any atom is 0.279 e. The van der Waals surface area contributed by atoms with Gasteiger partial charge in [0, 0.05) is 32.6 Å². The molecular weight excluding hydrogens is 206 g/mol. The van der Waals surface area contributed by atoms with Crippen LogP contribution >= 0.6 is 0 Å². The zero-order chi connectivity index (χ0) is 10.6. The highest BCUT2D eigenvalue weighted by Crippen LogP contribution is 2.01. The van der Waals surface area contributed by atoms with Crippen molar-refractivity contribution in [3.63, 3.8) is 0 Å². The van der Waals surface area contributed by atoms with E-state index in [0.717, 1.165) is 0 Å². The van der Waals surface area contributed by atoms with E-state index >= 15 is 0 Å². The summed E-state index contributed by atoms with van der Waals surface area (Å²) in [4.78, 5) is 11.0. The first-order valence-electron chi connectivity index (χ1n) is 4.57. The summed E-state index contributed by atoms with van der Waals surface area (Å²) in [5.41, 5.74) is 0. The van der Waals surface area contributed by atoms with Crippen LogP contribution in [0.4, 0.5) is 0 Å². The monoisotopic (exact) mass is 221 g/mol. The maximum absolute atomic E-state index is 11.5. The zero-order valence-corrected chi connectivity index (χ0v) is 8.93. The number of amides is 1. The molecule has 1 rings (SSSR count). The number of nitrogens with zero attached hydrogens (tertiary/aromatic N) is 1. The molecule has 0 aromatic rings. The second-order valence-corrected chi connectivity index (χ2v) is 4.76. The quantitative estimate of drug-likeness (QED) is 0.619. The summed E-state index contributed by atoms with van der Waals surface area (Å²) < 4.78 is 26.7. The van der Waals surface area contributed by atoms with Crippen molar-refractivity contribution in [1.82, 2.24) is 14.3 Å². The van der Waals surface area contributed by atoms with E-state index in [0.29, 0.717) is 19.6 Å². The van der Waals surface area contributed by atoms with Gasteiger partial charge in [-0.3, -0.25) is 4.79 Å². The van der Waals surface area contributed by atoms with Crippen LogP contribution in [0, 0.1) is 0 Å². The molecule has 14 heavy (non-hydrogen) atoms. The Morgan fingerprint density at radius 2 is 2.21 bits per heavy atom. The van der Waals surface area contributed by atoms with Crippen molar-refractivity contribution in [2.75, 3.05) is 26.2 Å². The Kier molecular flexibility index (Phi) is 3.85. The largest absolute Gasteiger partial charge is 0.355 e. The molecule has 7 heteroatoms. The SMILES string of the molecule is CCNS(=O)(=O)N1CCNC(=O)CC1. The third-order valence-electron chi connectivity index (χ3n) is 1.94. The first kappa shape index (κ1) is 11.4. The van der Waals surface area contributed by atoms with Gasteiger partial charge in [-0.05, 0) is 0 Å². The lowest BCUT2D eigenvalue weighted by Crippen LogP contribution is -2.42. The smallest absolute Gasteiger partial charge is 0.279 e. The van der Waals surface area contributed by atoms with E-state index < -0.39 is 10.2 Å². The molecule has 0 bridgehead atoms. The van der Waals surface area contributed by atoms with Crippen LogP contribution in [-0.2, 0) is 15.0 Å². The molecule has 2 N–H and O–H groups in total. The van der Waals surface area contributed by atoms with E-state index in [4.69, 9.17) is 0 Å². The molecule has 1 heterocycles. The Hall–Kier alpha value is -0.660. The topological polar surface area (TPSA) is 78.5 Å². The molecule has 82 valence electrons. The van der Waals surface area contributed by atoms with Crippen LogP contribution in [0.25, 0.3) is 0 Å². The molecule has 0 aromatic heterocycles. The summed E-state index contributed by atoms with van der Waals surface area (Å²) in [5.74, 6) is -0.0980. The highest BCUT2D eigenvalue weighted by atomic mass is 32.2. The lowest BCUT2D eigenvalue weighted by Gasteiger charge is -2.18. The maximum atomic E-state index is 11.5. The molecule has 0 unspecified atom stereocenters. The Bertz CT molecular complexity index is 301. The molecule has 1 amide bonds. The summed E-state index contributed by atoms with van der Waals surface area (Å²) in [6.07, 6.45) is 0.227. The van der Waals surface area contributed by atoms with Gasteiger partial charge in [-0.2, -0.15) is 12.7 Å². The molecule has 1 fully saturated rings. The number of carbonyl (C=O) groups is 1. The first-order chi connectivity index (χ1) is 6.56. The molecule has 0 aromatic carbocycles. The Morgan fingerprint density at radius 1 is 1.50 bits per heavy atom. The van der Waals surface area contributed by atoms with E-state index in [9.17, 15) is 13.2 Å². The summed E-state index contributed by atoms with van der Waals surface area (Å²) in [7, 11) is -3.39. The predicted octanol–water partition coefficient (Wildman–Crippen LogP) is -1.34. The summed E-state index contributed by atoms with van der Waals surface area (Å²) in [6.45, 7) is 3.05. The predicted molar refractivity (Wildman–Crippen MR) is 51.8 cm³/mol. The third kappa shape index (κ3) is 2.93. The molecular formula is C7H15N3O3S. The molecule has 1 aliphatic rings. The minimum absolute atomic E-state index is 0.0980. The Labute approximate surface area is 83.8 Å². The minimum atomic E-state index is -3.39. The normalized spacial score (nSPS) is 20.2. The average molecular weight is 221 g/mol. The van der Waals surface area contributed by atoms with Crippen molar-refractivity contribution >= 4 is 16.1 Å². The van der Waals surface area contributed by atoms with Crippen molar-refractivity contribution < 1.29 is 13.2 Å². The number of carbonyl (C=O) groups excluding carboxylic acids is 1. The van der Waals surface area contributed by atoms with Crippen LogP contribution in [-0.4, -0.2) is 44.8 Å². The fourth-order valence-corrected chi connectivity index (χ4v) is 2.47. The summed E-state index contributed by atoms with van der Waals surface area (Å²) in [6, 6.07) is 0. The van der Waals surface area contributed by atoms with Gasteiger partial charge in [0.1, 0.15) is 0 Å². The van der Waals surface area contributed by atoms with E-state index in [1.54, 1.807) is 6.92 Å². The van der Waals surface area contributed by atoms with E-state index in [1.165, 1.54) is 4.31 Å². The van der Waals surface area contributed by atoms with E-state index in [1.807, 2.05) is 0 Å². The first-order valence-corrected chi connectivity index (χ1v) is 6.01. The fraction of sp³-hybridized carbons (Fsp3) is 0.857. The van der Waals surface area contributed by atoms with Crippen molar-refractivity contribution in [1.29, 1.82) is 0 Å². The Balaban J connectivity index is 2.63. The van der Waals surface area contributed by atoms with Crippen molar-refractivity contribution in [3.8, 4) is 0 Å². The second-order valence-electron chi connectivity index (χ2n) is 3.00. The lowest BCUT2D eigenvalue weighted by molar-refractivity contribution is -0.120. The molecule has 6 nitrogen and oxygen atoms in total.